The van der Waals surface area contributed by atoms with Gasteiger partial charge in [-0.3, -0.25) is 14.5 Å². The molecule has 1 atom stereocenters. The lowest BCUT2D eigenvalue weighted by Gasteiger charge is -2.16. The van der Waals surface area contributed by atoms with E-state index in [1.807, 2.05) is 50.2 Å². The monoisotopic (exact) mass is 431 g/mol. The third-order valence-corrected chi connectivity index (χ3v) is 7.19. The summed E-state index contributed by atoms with van der Waals surface area (Å²) in [6.07, 6.45) is 1.77. The number of imide groups is 1. The summed E-state index contributed by atoms with van der Waals surface area (Å²) in [6.45, 7) is 9.92. The Bertz CT molecular complexity index is 1240. The van der Waals surface area contributed by atoms with Crippen molar-refractivity contribution in [2.75, 3.05) is 6.54 Å². The van der Waals surface area contributed by atoms with Gasteiger partial charge < -0.3 is 0 Å². The highest BCUT2D eigenvalue weighted by Gasteiger charge is 2.40. The maximum absolute atomic E-state index is 13.4. The van der Waals surface area contributed by atoms with Crippen LogP contribution in [0, 0.1) is 24.7 Å². The fraction of sp³-hybridized carbons (Fsp3) is 0.200. The van der Waals surface area contributed by atoms with Crippen molar-refractivity contribution in [1.29, 1.82) is 0 Å². The van der Waals surface area contributed by atoms with E-state index in [1.165, 1.54) is 16.2 Å². The second-order valence-corrected chi connectivity index (χ2v) is 9.67. The highest BCUT2D eigenvalue weighted by atomic mass is 32.1. The van der Waals surface area contributed by atoms with Crippen LogP contribution in [0.3, 0.4) is 0 Å². The SMILES string of the molecule is C=CC(C)CN1C(=O)c2c(-c3ccc(C)s3)ccc(-c3ccc(C#CC)s3)c2C1=O. The fourth-order valence-corrected chi connectivity index (χ4v) is 5.44. The average molecular weight is 432 g/mol. The van der Waals surface area contributed by atoms with Gasteiger partial charge in [0.25, 0.3) is 11.8 Å². The smallest absolute Gasteiger partial charge is 0.262 e. The van der Waals surface area contributed by atoms with Crippen molar-refractivity contribution < 1.29 is 9.59 Å². The van der Waals surface area contributed by atoms with Gasteiger partial charge in [0.15, 0.2) is 0 Å². The molecule has 0 aliphatic carbocycles. The van der Waals surface area contributed by atoms with Crippen LogP contribution in [0.1, 0.15) is 44.3 Å². The van der Waals surface area contributed by atoms with Crippen molar-refractivity contribution in [3.63, 3.8) is 0 Å². The van der Waals surface area contributed by atoms with Crippen molar-refractivity contribution in [2.45, 2.75) is 20.8 Å². The molecule has 1 aliphatic heterocycles. The lowest BCUT2D eigenvalue weighted by atomic mass is 9.95. The molecule has 0 saturated heterocycles. The molecule has 0 N–H and O–H groups in total. The molecule has 0 fully saturated rings. The van der Waals surface area contributed by atoms with Gasteiger partial charge in [-0.2, -0.15) is 0 Å². The fourth-order valence-electron chi connectivity index (χ4n) is 3.60. The molecule has 150 valence electrons. The Hall–Kier alpha value is -2.94. The predicted molar refractivity (Wildman–Crippen MR) is 125 cm³/mol. The van der Waals surface area contributed by atoms with Gasteiger partial charge in [-0.15, -0.1) is 35.2 Å². The summed E-state index contributed by atoms with van der Waals surface area (Å²) in [7, 11) is 0. The zero-order valence-electron chi connectivity index (χ0n) is 17.1. The number of aryl methyl sites for hydroxylation is 1. The number of thiophene rings is 2. The quantitative estimate of drug-likeness (QED) is 0.272. The molecule has 2 aromatic heterocycles. The molecule has 3 aromatic rings. The first kappa shape index (κ1) is 20.3. The van der Waals surface area contributed by atoms with Gasteiger partial charge >= 0.3 is 0 Å². The van der Waals surface area contributed by atoms with Gasteiger partial charge in [-0.25, -0.2) is 0 Å². The summed E-state index contributed by atoms with van der Waals surface area (Å²) in [5.74, 6) is 5.54. The van der Waals surface area contributed by atoms with Crippen LogP contribution in [0.4, 0.5) is 0 Å². The number of hydrogen-bond acceptors (Lipinski definition) is 4. The summed E-state index contributed by atoms with van der Waals surface area (Å²) in [5, 5.41) is 0. The molecule has 0 radical (unpaired) electrons. The van der Waals surface area contributed by atoms with Crippen LogP contribution >= 0.6 is 22.7 Å². The van der Waals surface area contributed by atoms with Gasteiger partial charge in [0.05, 0.1) is 16.0 Å². The first-order valence-electron chi connectivity index (χ1n) is 9.70. The van der Waals surface area contributed by atoms with Crippen molar-refractivity contribution in [3.05, 3.63) is 69.9 Å². The molecule has 0 bridgehead atoms. The minimum atomic E-state index is -0.231. The first-order valence-corrected chi connectivity index (χ1v) is 11.3. The van der Waals surface area contributed by atoms with Gasteiger partial charge in [-0.05, 0) is 44.0 Å². The standard InChI is InChI=1S/C25H21NO2S2/c1-5-7-17-9-13-21(30-17)19-11-10-18(20-12-8-16(4)29-20)22-23(19)25(28)26(24(22)27)14-15(3)6-2/h6,8-13,15H,2,14H2,1,3-4H3. The Balaban J connectivity index is 1.92. The predicted octanol–water partition coefficient (Wildman–Crippen LogP) is 6.24. The van der Waals surface area contributed by atoms with E-state index in [0.717, 1.165) is 30.6 Å². The Morgan fingerprint density at radius 2 is 1.60 bits per heavy atom. The Kier molecular flexibility index (Phi) is 5.46. The number of carbonyl (C=O) groups excluding carboxylic acids is 2. The zero-order chi connectivity index (χ0) is 21.4. The van der Waals surface area contributed by atoms with Gasteiger partial charge in [0, 0.05) is 32.3 Å². The van der Waals surface area contributed by atoms with Crippen molar-refractivity contribution in [2.24, 2.45) is 5.92 Å². The molecule has 0 saturated carbocycles. The lowest BCUT2D eigenvalue weighted by molar-refractivity contribution is 0.0642. The van der Waals surface area contributed by atoms with E-state index in [2.05, 4.69) is 18.4 Å². The molecular weight excluding hydrogens is 410 g/mol. The van der Waals surface area contributed by atoms with Crippen LogP contribution < -0.4 is 0 Å². The zero-order valence-corrected chi connectivity index (χ0v) is 18.7. The summed E-state index contributed by atoms with van der Waals surface area (Å²) >= 11 is 3.16. The van der Waals surface area contributed by atoms with Crippen molar-refractivity contribution >= 4 is 34.5 Å². The maximum atomic E-state index is 13.4. The molecule has 1 aromatic carbocycles. The largest absolute Gasteiger partial charge is 0.274 e. The van der Waals surface area contributed by atoms with Crippen LogP contribution in [0.25, 0.3) is 20.9 Å². The molecular formula is C25H21NO2S2. The minimum absolute atomic E-state index is 0.0243. The number of rotatable bonds is 5. The number of amides is 2. The van der Waals surface area contributed by atoms with Gasteiger partial charge in [0.2, 0.25) is 0 Å². The number of carbonyl (C=O) groups is 2. The Morgan fingerprint density at radius 3 is 2.13 bits per heavy atom. The van der Waals surface area contributed by atoms with Crippen LogP contribution in [0.5, 0.6) is 0 Å². The highest BCUT2D eigenvalue weighted by Crippen LogP contribution is 2.42. The summed E-state index contributed by atoms with van der Waals surface area (Å²) in [6, 6.07) is 11.9. The molecule has 1 aliphatic rings. The second-order valence-electron chi connectivity index (χ2n) is 7.29. The summed E-state index contributed by atoms with van der Waals surface area (Å²) in [5.41, 5.74) is 2.62. The minimum Gasteiger partial charge on any atom is -0.274 e. The van der Waals surface area contributed by atoms with E-state index in [4.69, 9.17) is 0 Å². The average Bonchev–Trinajstić information content (AvgIpc) is 3.43. The number of hydrogen-bond donors (Lipinski definition) is 0. The van der Waals surface area contributed by atoms with Crippen LogP contribution in [0.2, 0.25) is 0 Å². The van der Waals surface area contributed by atoms with Gasteiger partial charge in [-0.1, -0.05) is 31.1 Å². The van der Waals surface area contributed by atoms with Gasteiger partial charge in [0.1, 0.15) is 0 Å². The third-order valence-electron chi connectivity index (χ3n) is 5.12. The molecule has 4 rings (SSSR count). The topological polar surface area (TPSA) is 37.4 Å². The molecule has 5 heteroatoms. The van der Waals surface area contributed by atoms with E-state index in [-0.39, 0.29) is 17.7 Å². The Labute approximate surface area is 184 Å². The molecule has 3 nitrogen and oxygen atoms in total. The molecule has 3 heterocycles. The Morgan fingerprint density at radius 1 is 1.00 bits per heavy atom. The summed E-state index contributed by atoms with van der Waals surface area (Å²) < 4.78 is 0. The van der Waals surface area contributed by atoms with Crippen molar-refractivity contribution in [3.8, 4) is 32.7 Å². The first-order chi connectivity index (χ1) is 14.4. The highest BCUT2D eigenvalue weighted by molar-refractivity contribution is 7.16. The van der Waals surface area contributed by atoms with Crippen LogP contribution in [0.15, 0.2) is 49.1 Å². The van der Waals surface area contributed by atoms with Crippen LogP contribution in [-0.2, 0) is 0 Å². The normalized spacial score (nSPS) is 13.8. The van der Waals surface area contributed by atoms with E-state index in [9.17, 15) is 9.59 Å². The van der Waals surface area contributed by atoms with E-state index < -0.39 is 0 Å². The molecule has 2 amide bonds. The second kappa shape index (κ2) is 8.06. The van der Waals surface area contributed by atoms with Crippen LogP contribution in [-0.4, -0.2) is 23.3 Å². The number of nitrogens with zero attached hydrogens (tertiary/aromatic N) is 1. The molecule has 1 unspecified atom stereocenters. The lowest BCUT2D eigenvalue weighted by Crippen LogP contribution is -2.33. The number of benzene rings is 1. The van der Waals surface area contributed by atoms with E-state index in [1.54, 1.807) is 24.3 Å². The number of fused-ring (bicyclic) bond motifs is 1. The molecule has 30 heavy (non-hydrogen) atoms. The molecule has 0 spiro atoms. The third kappa shape index (κ3) is 3.43. The van der Waals surface area contributed by atoms with E-state index >= 15 is 0 Å². The van der Waals surface area contributed by atoms with Crippen molar-refractivity contribution in [1.82, 2.24) is 4.90 Å². The maximum Gasteiger partial charge on any atom is 0.262 e. The summed E-state index contributed by atoms with van der Waals surface area (Å²) in [4.78, 5) is 32.2. The van der Waals surface area contributed by atoms with E-state index in [0.29, 0.717) is 17.7 Å².